The average Bonchev–Trinajstić information content (AvgIpc) is 1.66. The number of aromatic amines is 5. The lowest BCUT2D eigenvalue weighted by Gasteiger charge is -2.44. The van der Waals surface area contributed by atoms with Crippen LogP contribution in [0.3, 0.4) is 0 Å². The molecular formula is C115H126N24S6. The largest absolute Gasteiger partial charge is 0.383 e. The summed E-state index contributed by atoms with van der Waals surface area (Å²) in [5.74, 6) is 6.94. The molecule has 28 rings (SSSR count). The van der Waals surface area contributed by atoms with Crippen molar-refractivity contribution in [3.8, 4) is 0 Å². The Morgan fingerprint density at radius 3 is 1.17 bits per heavy atom. The molecular weight excluding hydrogens is 1910 g/mol. The van der Waals surface area contributed by atoms with Gasteiger partial charge in [-0.05, 0) is 337 Å². The molecule has 2 unspecified atom stereocenters. The number of nitrogens with zero attached hydrogens (tertiary/aromatic N) is 13. The molecule has 7 saturated heterocycles. The minimum atomic E-state index is 0.564. The Balaban J connectivity index is 0.000000102. The number of nitrogens with two attached hydrogens (primary N) is 6. The van der Waals surface area contributed by atoms with Crippen LogP contribution in [0.25, 0.3) is 76.6 Å². The van der Waals surface area contributed by atoms with Gasteiger partial charge in [0.2, 0.25) is 0 Å². The number of rotatable bonds is 19. The number of likely N-dealkylation sites (N-methyl/N-ethyl adjacent to an activating group) is 3. The number of nitrogens with one attached hydrogen (secondary N) is 5. The molecule has 742 valence electrons. The lowest BCUT2D eigenvalue weighted by molar-refractivity contribution is 0.0876. The molecule has 0 amide bonds. The van der Waals surface area contributed by atoms with Crippen LogP contribution < -0.4 is 34.4 Å². The standard InChI is InChI=1S/C20H22N4S.C20H20N4S.2C19H22N4S.C19H20N4S.C18H20N4S/c2*21-20(19-2-1-9-25-19)23-14-3-4-15-16(11-22-18(15)10-14)17-12-24-7-5-13(17)6-8-24;1-22-9-2-4-16(22)13-23-10-8-14-12-15(6-7-17(14)23)21-19(20)18-5-3-11-24-18;2*1-23-8-6-13(7-9-23)16-12-21-17-11-14(4-5-15(16)17)22-19(20)18-3-2-10-24-18;1-22-7-6-12(11-22)15-10-20-16-9-13(4-5-14(15)16)21-18(19)17-3-2-8-23-17/h1-4,9-11,13,17,22H,5-8,12H2,(H2,21,23);1-4,9-13,22H,5-8H2,(H2,21,23);3,5-8,10-12,16H,2,4,9,13H2,1H3,(H2,20,21);2-5,10-13,21H,6-9H2,1H3,(H2,20,22);2-6,10-12,21H,7-9H2,1H3,(H2,20,22);2-5,8-10,12,20H,6-7,11H2,1H3,(H2,19,21)/t;;16-;;;/m..0.../s1. The Bertz CT molecular complexity index is 7720. The van der Waals surface area contributed by atoms with Gasteiger partial charge in [-0.3, -0.25) is 0 Å². The maximum atomic E-state index is 6.12. The van der Waals surface area contributed by atoms with Crippen molar-refractivity contribution in [2.24, 2.45) is 76.2 Å². The zero-order valence-corrected chi connectivity index (χ0v) is 87.3. The fourth-order valence-electron chi connectivity index (χ4n) is 21.8. The van der Waals surface area contributed by atoms with Crippen molar-refractivity contribution in [1.29, 1.82) is 0 Å². The van der Waals surface area contributed by atoms with E-state index in [2.05, 4.69) is 276 Å². The third kappa shape index (κ3) is 22.9. The Morgan fingerprint density at radius 2 is 0.759 bits per heavy atom. The highest BCUT2D eigenvalue weighted by molar-refractivity contribution is 7.13. The van der Waals surface area contributed by atoms with Gasteiger partial charge >= 0.3 is 0 Å². The lowest BCUT2D eigenvalue weighted by Crippen LogP contribution is -2.46. The van der Waals surface area contributed by atoms with Gasteiger partial charge in [-0.1, -0.05) is 72.8 Å². The molecule has 0 saturated carbocycles. The van der Waals surface area contributed by atoms with E-state index in [1.165, 1.54) is 193 Å². The van der Waals surface area contributed by atoms with E-state index in [1.54, 1.807) is 68.0 Å². The van der Waals surface area contributed by atoms with Crippen LogP contribution >= 0.6 is 68.0 Å². The van der Waals surface area contributed by atoms with Crippen LogP contribution in [0.2, 0.25) is 0 Å². The van der Waals surface area contributed by atoms with E-state index >= 15 is 0 Å². The Labute approximate surface area is 870 Å². The number of H-pyrrole nitrogens is 5. The maximum absolute atomic E-state index is 6.12. The number of allylic oxidation sites excluding steroid dienone is 1. The number of aliphatic imine (C=N–C) groups is 6. The number of piperidine rings is 5. The molecule has 0 spiro atoms. The fourth-order valence-corrected chi connectivity index (χ4v) is 25.6. The molecule has 0 aliphatic carbocycles. The summed E-state index contributed by atoms with van der Waals surface area (Å²) in [6, 6.07) is 64.6. The zero-order valence-electron chi connectivity index (χ0n) is 82.4. The van der Waals surface area contributed by atoms with Gasteiger partial charge < -0.3 is 93.3 Å². The van der Waals surface area contributed by atoms with E-state index in [-0.39, 0.29) is 0 Å². The highest BCUT2D eigenvalue weighted by Crippen LogP contribution is 2.45. The van der Waals surface area contributed by atoms with E-state index in [4.69, 9.17) is 34.4 Å². The van der Waals surface area contributed by atoms with Crippen LogP contribution in [0.5, 0.6) is 0 Å². The molecule has 0 radical (unpaired) electrons. The van der Waals surface area contributed by atoms with Gasteiger partial charge in [0.1, 0.15) is 35.0 Å². The number of hydrogen-bond donors (Lipinski definition) is 11. The fraction of sp³-hybridized carbons (Fsp3) is 0.287. The second kappa shape index (κ2) is 44.7. The topological polar surface area (TPSA) is 334 Å². The van der Waals surface area contributed by atoms with Gasteiger partial charge in [0.25, 0.3) is 0 Å². The second-order valence-electron chi connectivity index (χ2n) is 39.3. The van der Waals surface area contributed by atoms with Crippen molar-refractivity contribution in [1.82, 2.24) is 58.9 Å². The number of benzene rings is 6. The number of fused-ring (bicyclic) bond motifs is 11. The van der Waals surface area contributed by atoms with Gasteiger partial charge in [-0.25, -0.2) is 30.0 Å². The van der Waals surface area contributed by atoms with E-state index in [0.29, 0.717) is 64.7 Å². The Hall–Kier alpha value is -13.3. The summed E-state index contributed by atoms with van der Waals surface area (Å²) in [5, 5.41) is 19.8. The molecule has 145 heavy (non-hydrogen) atoms. The molecule has 6 aromatic carbocycles. The van der Waals surface area contributed by atoms with Gasteiger partial charge in [0.15, 0.2) is 0 Å². The molecule has 18 aromatic rings. The smallest absolute Gasteiger partial charge is 0.141 e. The summed E-state index contributed by atoms with van der Waals surface area (Å²) in [6.07, 6.45) is 30.3. The third-order valence-electron chi connectivity index (χ3n) is 29.8. The first kappa shape index (κ1) is 97.7. The SMILES string of the molecule is CN1CC=C(c2c[nH]c3cc(N=C(N)c4cccs4)ccc23)CC1.CN1CCC(c2c[nH]c3cc(N=C(N)c4cccs4)ccc23)C1.CN1CCC(c2c[nH]c3cc(N=C(N)c4cccs4)ccc23)CC1.CN1CCC[C@H]1Cn1ccc2cc(N=C(N)c3cccs3)ccc21.NC(=Nc1ccc2c(C3=CN4CCC3CC4)c[nH]c2c1)c1cccs1.NC(=Nc1ccc2c(C3CN4CCC3CC4)c[nH]c2c1)c1cccs1. The first-order chi connectivity index (χ1) is 70.9. The third-order valence-corrected chi connectivity index (χ3v) is 35.2. The highest BCUT2D eigenvalue weighted by Gasteiger charge is 2.37. The van der Waals surface area contributed by atoms with Crippen LogP contribution in [0.15, 0.2) is 300 Å². The van der Waals surface area contributed by atoms with Crippen molar-refractivity contribution in [2.75, 3.05) is 107 Å². The molecule has 30 heteroatoms. The van der Waals surface area contributed by atoms with E-state index in [0.717, 1.165) is 129 Å². The molecule has 10 aliphatic rings. The molecule has 7 fully saturated rings. The summed E-state index contributed by atoms with van der Waals surface area (Å²) in [7, 11) is 8.77. The molecule has 22 heterocycles. The minimum Gasteiger partial charge on any atom is -0.383 e. The van der Waals surface area contributed by atoms with Crippen LogP contribution in [0.4, 0.5) is 34.1 Å². The minimum absolute atomic E-state index is 0.564. The van der Waals surface area contributed by atoms with Gasteiger partial charge in [0, 0.05) is 178 Å². The quantitative estimate of drug-likeness (QED) is 0.0266. The summed E-state index contributed by atoms with van der Waals surface area (Å²) < 4.78 is 2.36. The highest BCUT2D eigenvalue weighted by atomic mass is 32.1. The van der Waals surface area contributed by atoms with E-state index in [9.17, 15) is 0 Å². The predicted octanol–water partition coefficient (Wildman–Crippen LogP) is 24.0. The molecule has 3 atom stereocenters. The van der Waals surface area contributed by atoms with Crippen molar-refractivity contribution in [3.05, 3.63) is 327 Å². The van der Waals surface area contributed by atoms with E-state index < -0.39 is 0 Å². The number of aromatic nitrogens is 6. The van der Waals surface area contributed by atoms with Crippen LogP contribution in [-0.4, -0.2) is 207 Å². The molecule has 10 aliphatic heterocycles. The maximum Gasteiger partial charge on any atom is 0.141 e. The number of likely N-dealkylation sites (tertiary alicyclic amines) is 3. The summed E-state index contributed by atoms with van der Waals surface area (Å²) in [5.41, 5.74) is 58.8. The summed E-state index contributed by atoms with van der Waals surface area (Å²) >= 11 is 9.65. The van der Waals surface area contributed by atoms with Crippen molar-refractivity contribution < 1.29 is 0 Å². The number of hydrogen-bond acceptors (Lipinski definition) is 18. The van der Waals surface area contributed by atoms with Crippen LogP contribution in [0.1, 0.15) is 139 Å². The second-order valence-corrected chi connectivity index (χ2v) is 45.0. The molecule has 4 bridgehead atoms. The monoisotopic (exact) mass is 2030 g/mol. The molecule has 17 N–H and O–H groups in total. The Morgan fingerprint density at radius 1 is 0.359 bits per heavy atom. The first-order valence-electron chi connectivity index (χ1n) is 50.4. The van der Waals surface area contributed by atoms with Gasteiger partial charge in [-0.2, -0.15) is 0 Å². The number of thiophene rings is 6. The lowest BCUT2D eigenvalue weighted by atomic mass is 9.75. The van der Waals surface area contributed by atoms with Gasteiger partial charge in [-0.15, -0.1) is 68.0 Å². The number of amidine groups is 6. The first-order valence-corrected chi connectivity index (χ1v) is 55.7. The van der Waals surface area contributed by atoms with Gasteiger partial charge in [0.05, 0.1) is 63.4 Å². The summed E-state index contributed by atoms with van der Waals surface area (Å²) in [6.45, 7) is 15.3. The van der Waals surface area contributed by atoms with Crippen LogP contribution in [0, 0.1) is 11.8 Å². The zero-order chi connectivity index (χ0) is 99.0. The van der Waals surface area contributed by atoms with Crippen molar-refractivity contribution in [3.63, 3.8) is 0 Å². The molecule has 24 nitrogen and oxygen atoms in total. The average molecular weight is 2040 g/mol. The van der Waals surface area contributed by atoms with Crippen molar-refractivity contribution >= 4 is 214 Å². The molecule has 12 aromatic heterocycles. The Kier molecular flexibility index (Phi) is 30.1. The van der Waals surface area contributed by atoms with Crippen LogP contribution in [-0.2, 0) is 6.54 Å². The van der Waals surface area contributed by atoms with E-state index in [1.807, 2.05) is 111 Å². The summed E-state index contributed by atoms with van der Waals surface area (Å²) in [4.78, 5) is 65.2. The van der Waals surface area contributed by atoms with Crippen molar-refractivity contribution in [2.45, 2.75) is 94.5 Å². The normalized spacial score (nSPS) is 19.7. The predicted molar refractivity (Wildman–Crippen MR) is 616 cm³/mol.